The van der Waals surface area contributed by atoms with E-state index in [1.165, 1.54) is 0 Å². The van der Waals surface area contributed by atoms with E-state index in [4.69, 9.17) is 0 Å². The van der Waals surface area contributed by atoms with Crippen LogP contribution in [0.5, 0.6) is 0 Å². The second-order valence-electron chi connectivity index (χ2n) is 4.13. The molecule has 0 heterocycles. The van der Waals surface area contributed by atoms with Crippen molar-refractivity contribution in [3.63, 3.8) is 0 Å². The van der Waals surface area contributed by atoms with Gasteiger partial charge in [-0.2, -0.15) is 0 Å². The first-order valence-electron chi connectivity index (χ1n) is 3.89. The molecule has 52 valence electrons. The largest absolute Gasteiger partial charge is 0.0998 e. The normalized spacial score (nSPS) is 13.1. The summed E-state index contributed by atoms with van der Waals surface area (Å²) in [6.45, 7) is 9.17. The molecule has 0 aromatic rings. The van der Waals surface area contributed by atoms with Crippen molar-refractivity contribution in [1.82, 2.24) is 0 Å². The van der Waals surface area contributed by atoms with Gasteiger partial charge in [0.1, 0.15) is 0 Å². The average molecular weight is 124 g/mol. The van der Waals surface area contributed by atoms with E-state index in [0.29, 0.717) is 5.21 Å². The lowest BCUT2D eigenvalue weighted by molar-refractivity contribution is 0.421. The van der Waals surface area contributed by atoms with Crippen molar-refractivity contribution >= 4 is 15.7 Å². The van der Waals surface area contributed by atoms with Crippen molar-refractivity contribution in [2.24, 2.45) is 11.8 Å². The molecule has 0 aliphatic heterocycles. The topological polar surface area (TPSA) is 0 Å². The third-order valence-electron chi connectivity index (χ3n) is 2.98. The van der Waals surface area contributed by atoms with Crippen LogP contribution in [0.25, 0.3) is 0 Å². The first-order chi connectivity index (χ1) is 3.89. The van der Waals surface area contributed by atoms with E-state index in [-0.39, 0.29) is 0 Å². The van der Waals surface area contributed by atoms with E-state index in [2.05, 4.69) is 43.4 Å². The Balaban J connectivity index is 4.01. The average Bonchev–Trinajstić information content (AvgIpc) is 1.65. The minimum Gasteiger partial charge on any atom is -0.0801 e. The van der Waals surface area contributed by atoms with Gasteiger partial charge in [0.25, 0.3) is 0 Å². The third-order valence-corrected chi connectivity index (χ3v) is 2.98. The molecule has 0 atom stereocenters. The van der Waals surface area contributed by atoms with Gasteiger partial charge in [0, 0.05) is 0 Å². The maximum Gasteiger partial charge on any atom is 0.0998 e. The Hall–Kier alpha value is 0.130. The van der Waals surface area contributed by atoms with Crippen molar-refractivity contribution in [1.29, 1.82) is 0 Å². The van der Waals surface area contributed by atoms with E-state index in [0.717, 1.165) is 11.8 Å². The van der Waals surface area contributed by atoms with E-state index in [1.54, 1.807) is 0 Å². The Morgan fingerprint density at radius 2 is 1.11 bits per heavy atom. The predicted octanol–water partition coefficient (Wildman–Crippen LogP) is 0.681. The Bertz CT molecular complexity index is 74.9. The van der Waals surface area contributed by atoms with Gasteiger partial charge in [-0.25, -0.2) is 0 Å². The van der Waals surface area contributed by atoms with Crippen LogP contribution >= 0.6 is 0 Å². The van der Waals surface area contributed by atoms with Crippen LogP contribution in [0.1, 0.15) is 27.7 Å². The molecule has 0 fully saturated rings. The minimum atomic E-state index is 0.500. The van der Waals surface area contributed by atoms with Gasteiger partial charge in [-0.3, -0.25) is 0 Å². The monoisotopic (exact) mass is 124 g/mol. The molecule has 0 aliphatic carbocycles. The van der Waals surface area contributed by atoms with Gasteiger partial charge < -0.3 is 0 Å². The highest BCUT2D eigenvalue weighted by Gasteiger charge is 2.25. The van der Waals surface area contributed by atoms with Gasteiger partial charge in [0.2, 0.25) is 0 Å². The first kappa shape index (κ1) is 9.13. The molecule has 0 aliphatic rings. The maximum absolute atomic E-state index is 2.34. The summed E-state index contributed by atoms with van der Waals surface area (Å²) in [6, 6.07) is 0. The molecule has 2 heteroatoms. The zero-order chi connectivity index (χ0) is 7.65. The fourth-order valence-corrected chi connectivity index (χ4v) is 0.667. The summed E-state index contributed by atoms with van der Waals surface area (Å²) in [5.41, 5.74) is 0. The van der Waals surface area contributed by atoms with Crippen molar-refractivity contribution in [3.05, 3.63) is 0 Å². The fraction of sp³-hybridized carbons (Fsp3) is 1.00. The van der Waals surface area contributed by atoms with Crippen molar-refractivity contribution in [3.8, 4) is 0 Å². The van der Waals surface area contributed by atoms with Crippen molar-refractivity contribution < 1.29 is 0 Å². The molecule has 0 rings (SSSR count). The Kier molecular flexibility index (Phi) is 2.85. The Morgan fingerprint density at radius 1 is 0.889 bits per heavy atom. The zero-order valence-electron chi connectivity index (χ0n) is 7.65. The van der Waals surface area contributed by atoms with E-state index in [1.807, 2.05) is 0 Å². The van der Waals surface area contributed by atoms with Crippen LogP contribution in [-0.2, 0) is 0 Å². The SMILES string of the molecule is BC(B)(C(C)C)C(C)C. The van der Waals surface area contributed by atoms with Crippen LogP contribution in [0.15, 0.2) is 0 Å². The highest BCUT2D eigenvalue weighted by atomic mass is 14.2. The van der Waals surface area contributed by atoms with E-state index < -0.39 is 0 Å². The molecular weight excluding hydrogens is 106 g/mol. The molecule has 0 aromatic heterocycles. The molecule has 0 radical (unpaired) electrons. The second-order valence-corrected chi connectivity index (χ2v) is 4.13. The van der Waals surface area contributed by atoms with Gasteiger partial charge in [-0.05, 0) is 0 Å². The molecule has 0 unspecified atom stereocenters. The van der Waals surface area contributed by atoms with Crippen LogP contribution in [-0.4, -0.2) is 15.7 Å². The first-order valence-corrected chi connectivity index (χ1v) is 3.89. The lowest BCUT2D eigenvalue weighted by Crippen LogP contribution is -2.26. The molecule has 0 amide bonds. The molecule has 0 saturated heterocycles. The molecule has 0 spiro atoms. The summed E-state index contributed by atoms with van der Waals surface area (Å²) in [6.07, 6.45) is 0. The summed E-state index contributed by atoms with van der Waals surface area (Å²) in [4.78, 5) is 0. The van der Waals surface area contributed by atoms with Crippen LogP contribution in [0.4, 0.5) is 0 Å². The molecule has 0 bridgehead atoms. The van der Waals surface area contributed by atoms with Gasteiger partial charge in [-0.1, -0.05) is 44.7 Å². The molecule has 9 heavy (non-hydrogen) atoms. The van der Waals surface area contributed by atoms with Gasteiger partial charge in [0.15, 0.2) is 0 Å². The van der Waals surface area contributed by atoms with Crippen LogP contribution in [0, 0.1) is 11.8 Å². The van der Waals surface area contributed by atoms with Crippen molar-refractivity contribution in [2.75, 3.05) is 0 Å². The molecule has 0 nitrogen and oxygen atoms in total. The Labute approximate surface area is 61.2 Å². The summed E-state index contributed by atoms with van der Waals surface area (Å²) in [5.74, 6) is 1.58. The summed E-state index contributed by atoms with van der Waals surface area (Å²) in [7, 11) is 4.67. The minimum absolute atomic E-state index is 0.500. The van der Waals surface area contributed by atoms with Gasteiger partial charge in [-0.15, -0.1) is 0 Å². The highest BCUT2D eigenvalue weighted by molar-refractivity contribution is 6.40. The van der Waals surface area contributed by atoms with E-state index >= 15 is 0 Å². The molecule has 0 aromatic carbocycles. The fourth-order valence-electron chi connectivity index (χ4n) is 0.667. The molecular formula is C7H18B2. The van der Waals surface area contributed by atoms with Crippen molar-refractivity contribution in [2.45, 2.75) is 32.9 Å². The Morgan fingerprint density at radius 3 is 1.11 bits per heavy atom. The standard InChI is InChI=1S/C7H18B2/c1-5(2)7(8,9)6(3)4/h5-6H,8-9H2,1-4H3. The zero-order valence-corrected chi connectivity index (χ0v) is 7.65. The number of hydrogen-bond acceptors (Lipinski definition) is 0. The quantitative estimate of drug-likeness (QED) is 0.474. The van der Waals surface area contributed by atoms with Crippen LogP contribution in [0.2, 0.25) is 5.21 Å². The lowest BCUT2D eigenvalue weighted by atomic mass is 9.44. The van der Waals surface area contributed by atoms with Crippen LogP contribution < -0.4 is 0 Å². The number of hydrogen-bond donors (Lipinski definition) is 0. The van der Waals surface area contributed by atoms with Crippen LogP contribution in [0.3, 0.4) is 0 Å². The van der Waals surface area contributed by atoms with Gasteiger partial charge in [0.05, 0.1) is 15.7 Å². The predicted molar refractivity (Wildman–Crippen MR) is 49.5 cm³/mol. The van der Waals surface area contributed by atoms with E-state index in [9.17, 15) is 0 Å². The number of rotatable bonds is 2. The summed E-state index contributed by atoms with van der Waals surface area (Å²) < 4.78 is 0. The molecule has 0 N–H and O–H groups in total. The third kappa shape index (κ3) is 2.08. The summed E-state index contributed by atoms with van der Waals surface area (Å²) in [5, 5.41) is 0.500. The lowest BCUT2D eigenvalue weighted by Gasteiger charge is -2.33. The molecule has 0 saturated carbocycles. The smallest absolute Gasteiger partial charge is 0.0801 e. The summed E-state index contributed by atoms with van der Waals surface area (Å²) >= 11 is 0. The maximum atomic E-state index is 2.34. The highest BCUT2D eigenvalue weighted by Crippen LogP contribution is 2.35. The second kappa shape index (κ2) is 2.81. The van der Waals surface area contributed by atoms with Gasteiger partial charge >= 0.3 is 0 Å².